The lowest BCUT2D eigenvalue weighted by Crippen LogP contribution is -2.37. The lowest BCUT2D eigenvalue weighted by molar-refractivity contribution is -0.122. The minimum atomic E-state index is -0.431. The van der Waals surface area contributed by atoms with Crippen molar-refractivity contribution in [1.29, 1.82) is 0 Å². The Morgan fingerprint density at radius 3 is 2.74 bits per heavy atom. The van der Waals surface area contributed by atoms with E-state index in [1.807, 2.05) is 71.1 Å². The fraction of sp³-hybridized carbons (Fsp3) is 0.462. The van der Waals surface area contributed by atoms with Gasteiger partial charge < -0.3 is 20.7 Å². The van der Waals surface area contributed by atoms with E-state index in [1.54, 1.807) is 17.5 Å². The molecule has 0 aromatic carbocycles. The number of piperidine rings is 1. The Morgan fingerprint density at radius 2 is 2.00 bits per heavy atom. The van der Waals surface area contributed by atoms with Gasteiger partial charge in [0.1, 0.15) is 18.2 Å². The minimum Gasteiger partial charge on any atom is -0.371 e. The molecular formula is C26H38N6O2S. The molecule has 0 bridgehead atoms. The van der Waals surface area contributed by atoms with Crippen LogP contribution in [0.4, 0.5) is 16.8 Å². The van der Waals surface area contributed by atoms with Gasteiger partial charge in [-0.1, -0.05) is 45.1 Å². The molecule has 190 valence electrons. The molecule has 1 amide bonds. The van der Waals surface area contributed by atoms with Crippen LogP contribution in [-0.4, -0.2) is 47.2 Å². The average Bonchev–Trinajstić information content (AvgIpc) is 3.37. The van der Waals surface area contributed by atoms with E-state index in [-0.39, 0.29) is 6.61 Å². The Morgan fingerprint density at radius 1 is 1.20 bits per heavy atom. The van der Waals surface area contributed by atoms with Gasteiger partial charge in [-0.25, -0.2) is 15.0 Å². The molecule has 1 aliphatic heterocycles. The quantitative estimate of drug-likeness (QED) is 0.427. The Bertz CT molecular complexity index is 1040. The summed E-state index contributed by atoms with van der Waals surface area (Å²) in [7, 11) is 0. The van der Waals surface area contributed by atoms with Crippen molar-refractivity contribution < 1.29 is 9.53 Å². The third kappa shape index (κ3) is 8.92. The number of hydrogen-bond donors (Lipinski definition) is 2. The van der Waals surface area contributed by atoms with Crippen molar-refractivity contribution in [3.05, 3.63) is 48.3 Å². The molecule has 4 rings (SSSR count). The Labute approximate surface area is 213 Å². The van der Waals surface area contributed by atoms with Crippen LogP contribution in [0.1, 0.15) is 46.1 Å². The van der Waals surface area contributed by atoms with Gasteiger partial charge in [-0.05, 0) is 55.5 Å². The summed E-state index contributed by atoms with van der Waals surface area (Å²) in [5, 5.41) is 4.24. The fourth-order valence-corrected chi connectivity index (χ4v) is 4.53. The number of rotatable bonds is 8. The number of carbonyl (C=O) groups is 1. The van der Waals surface area contributed by atoms with Crippen molar-refractivity contribution in [3.8, 4) is 10.6 Å². The summed E-state index contributed by atoms with van der Waals surface area (Å²) < 4.78 is 5.42. The van der Waals surface area contributed by atoms with E-state index in [0.29, 0.717) is 12.5 Å². The number of nitrogens with one attached hydrogen (secondary N) is 1. The van der Waals surface area contributed by atoms with Crippen molar-refractivity contribution in [2.45, 2.75) is 47.5 Å². The zero-order valence-electron chi connectivity index (χ0n) is 21.5. The summed E-state index contributed by atoms with van der Waals surface area (Å²) in [6.45, 7) is 12.4. The molecule has 1 atom stereocenters. The highest BCUT2D eigenvalue weighted by Gasteiger charge is 2.23. The first-order chi connectivity index (χ1) is 17.1. The number of nitrogens with two attached hydrogens (primary N) is 1. The number of aromatic nitrogens is 3. The highest BCUT2D eigenvalue weighted by Crippen LogP contribution is 2.33. The number of primary amides is 1. The van der Waals surface area contributed by atoms with Crippen molar-refractivity contribution in [2.24, 2.45) is 11.7 Å². The number of thiazole rings is 1. The standard InChI is InChI=1S/C22H26N6O2S.2C2H6/c1-15-7-8-24-21(10-15)27-20-6-2-5-17(26-20)18-11-25-22(31-18)28-9-3-4-16(12-28)13-30-14-19(23)29;2*1-2/h2,5-8,10-11,16H,3-4,9,12-14H2,1H3,(H2,23,29)(H,24,26,27);2*1-2H3. The number of hydrogen-bond acceptors (Lipinski definition) is 8. The molecule has 9 heteroatoms. The van der Waals surface area contributed by atoms with E-state index in [2.05, 4.69) is 20.2 Å². The number of anilines is 3. The van der Waals surface area contributed by atoms with Crippen molar-refractivity contribution >= 4 is 34.0 Å². The van der Waals surface area contributed by atoms with Crippen LogP contribution in [0.2, 0.25) is 0 Å². The van der Waals surface area contributed by atoms with Gasteiger partial charge in [0, 0.05) is 25.5 Å². The zero-order chi connectivity index (χ0) is 25.6. The predicted molar refractivity (Wildman–Crippen MR) is 145 cm³/mol. The van der Waals surface area contributed by atoms with Gasteiger partial charge in [-0.3, -0.25) is 4.79 Å². The number of ether oxygens (including phenoxy) is 1. The maximum Gasteiger partial charge on any atom is 0.243 e. The van der Waals surface area contributed by atoms with Gasteiger partial charge in [-0.2, -0.15) is 0 Å². The van der Waals surface area contributed by atoms with E-state index in [9.17, 15) is 4.79 Å². The van der Waals surface area contributed by atoms with Gasteiger partial charge >= 0.3 is 0 Å². The van der Waals surface area contributed by atoms with Crippen LogP contribution in [0.15, 0.2) is 42.7 Å². The molecule has 3 aromatic heterocycles. The van der Waals surface area contributed by atoms with Crippen LogP contribution >= 0.6 is 11.3 Å². The normalized spacial score (nSPS) is 14.8. The molecule has 0 radical (unpaired) electrons. The number of pyridine rings is 2. The zero-order valence-corrected chi connectivity index (χ0v) is 22.3. The Hall–Kier alpha value is -3.04. The molecule has 0 saturated carbocycles. The van der Waals surface area contributed by atoms with Crippen LogP contribution in [0.5, 0.6) is 0 Å². The molecule has 1 unspecified atom stereocenters. The maximum atomic E-state index is 10.9. The molecule has 8 nitrogen and oxygen atoms in total. The van der Waals surface area contributed by atoms with Gasteiger partial charge in [0.15, 0.2) is 5.13 Å². The highest BCUT2D eigenvalue weighted by atomic mass is 32.1. The molecule has 3 aromatic rings. The van der Waals surface area contributed by atoms with E-state index in [0.717, 1.165) is 58.8 Å². The predicted octanol–water partition coefficient (Wildman–Crippen LogP) is 5.42. The molecule has 1 saturated heterocycles. The lowest BCUT2D eigenvalue weighted by atomic mass is 9.99. The van der Waals surface area contributed by atoms with Crippen molar-refractivity contribution in [2.75, 3.05) is 36.5 Å². The first-order valence-electron chi connectivity index (χ1n) is 12.3. The van der Waals surface area contributed by atoms with Crippen LogP contribution < -0.4 is 16.0 Å². The number of carbonyl (C=O) groups excluding carboxylic acids is 1. The van der Waals surface area contributed by atoms with E-state index in [4.69, 9.17) is 15.5 Å². The van der Waals surface area contributed by atoms with Crippen LogP contribution in [0, 0.1) is 12.8 Å². The molecular weight excluding hydrogens is 460 g/mol. The van der Waals surface area contributed by atoms with Gasteiger partial charge in [0.05, 0.1) is 17.2 Å². The minimum absolute atomic E-state index is 0.0218. The molecule has 1 fully saturated rings. The van der Waals surface area contributed by atoms with Crippen LogP contribution in [-0.2, 0) is 9.53 Å². The molecule has 0 aliphatic carbocycles. The summed E-state index contributed by atoms with van der Waals surface area (Å²) in [5.41, 5.74) is 7.16. The number of amides is 1. The van der Waals surface area contributed by atoms with Crippen molar-refractivity contribution in [1.82, 2.24) is 15.0 Å². The Kier molecular flexibility index (Phi) is 12.1. The van der Waals surface area contributed by atoms with E-state index < -0.39 is 5.91 Å². The van der Waals surface area contributed by atoms with Gasteiger partial charge in [-0.15, -0.1) is 0 Å². The summed E-state index contributed by atoms with van der Waals surface area (Å²) in [6.07, 6.45) is 5.81. The smallest absolute Gasteiger partial charge is 0.243 e. The maximum absolute atomic E-state index is 10.9. The SMILES string of the molecule is CC.CC.Cc1ccnc(Nc2cccc(-c3cnc(N4CCCC(COCC(N)=O)C4)s3)n2)c1. The van der Waals surface area contributed by atoms with Crippen molar-refractivity contribution in [3.63, 3.8) is 0 Å². The summed E-state index contributed by atoms with van der Waals surface area (Å²) >= 11 is 1.63. The second-order valence-corrected chi connectivity index (χ2v) is 8.70. The number of aryl methyl sites for hydroxylation is 1. The summed E-state index contributed by atoms with van der Waals surface area (Å²) in [6, 6.07) is 9.84. The first kappa shape index (κ1) is 28.2. The van der Waals surface area contributed by atoms with Gasteiger partial charge in [0.2, 0.25) is 5.91 Å². The largest absolute Gasteiger partial charge is 0.371 e. The molecule has 3 N–H and O–H groups in total. The summed E-state index contributed by atoms with van der Waals surface area (Å²) in [5.74, 6) is 1.45. The molecule has 0 spiro atoms. The molecule has 4 heterocycles. The third-order valence-corrected chi connectivity index (χ3v) is 6.13. The van der Waals surface area contributed by atoms with Crippen LogP contribution in [0.3, 0.4) is 0 Å². The number of nitrogens with zero attached hydrogens (tertiary/aromatic N) is 4. The third-order valence-electron chi connectivity index (χ3n) is 5.05. The lowest BCUT2D eigenvalue weighted by Gasteiger charge is -2.32. The molecule has 35 heavy (non-hydrogen) atoms. The second-order valence-electron chi connectivity index (χ2n) is 7.69. The van der Waals surface area contributed by atoms with E-state index in [1.165, 1.54) is 0 Å². The first-order valence-corrected chi connectivity index (χ1v) is 13.1. The Balaban J connectivity index is 0.00000103. The average molecular weight is 499 g/mol. The van der Waals surface area contributed by atoms with Gasteiger partial charge in [0.25, 0.3) is 0 Å². The fourth-order valence-electron chi connectivity index (χ4n) is 3.61. The second kappa shape index (κ2) is 15.1. The summed E-state index contributed by atoms with van der Waals surface area (Å²) in [4.78, 5) is 27.9. The topological polar surface area (TPSA) is 106 Å². The molecule has 1 aliphatic rings. The van der Waals surface area contributed by atoms with E-state index >= 15 is 0 Å². The van der Waals surface area contributed by atoms with Crippen LogP contribution in [0.25, 0.3) is 10.6 Å². The monoisotopic (exact) mass is 498 g/mol. The highest BCUT2D eigenvalue weighted by molar-refractivity contribution is 7.18.